The summed E-state index contributed by atoms with van der Waals surface area (Å²) in [5.74, 6) is 0.847. The second kappa shape index (κ2) is 10.6. The van der Waals surface area contributed by atoms with Gasteiger partial charge in [0.05, 0.1) is 11.4 Å². The zero-order valence-electron chi connectivity index (χ0n) is 18.9. The van der Waals surface area contributed by atoms with Crippen molar-refractivity contribution in [3.8, 4) is 33.9 Å². The van der Waals surface area contributed by atoms with Crippen molar-refractivity contribution in [1.82, 2.24) is 15.0 Å². The van der Waals surface area contributed by atoms with Crippen molar-refractivity contribution in [3.63, 3.8) is 0 Å². The smallest absolute Gasteiger partial charge is 0.138 e. The summed E-state index contributed by atoms with van der Waals surface area (Å²) in [7, 11) is 0. The number of nitrogens with zero attached hydrogens (tertiary/aromatic N) is 2. The molecule has 32 heavy (non-hydrogen) atoms. The van der Waals surface area contributed by atoms with E-state index in [2.05, 4.69) is 42.0 Å². The van der Waals surface area contributed by atoms with E-state index in [0.29, 0.717) is 0 Å². The minimum atomic E-state index is 0.722. The molecule has 0 aliphatic carbocycles. The lowest BCUT2D eigenvalue weighted by molar-refractivity contribution is 0.781. The van der Waals surface area contributed by atoms with Crippen molar-refractivity contribution in [1.29, 1.82) is 0 Å². The highest BCUT2D eigenvalue weighted by Gasteiger charge is 2.18. The number of imidazole rings is 1. The van der Waals surface area contributed by atoms with Crippen LogP contribution in [0.5, 0.6) is 0 Å². The Balaban J connectivity index is 1.85. The fourth-order valence-corrected chi connectivity index (χ4v) is 4.16. The summed E-state index contributed by atoms with van der Waals surface area (Å²) in [6, 6.07) is 18.8. The van der Waals surface area contributed by atoms with Gasteiger partial charge in [0.25, 0.3) is 0 Å². The van der Waals surface area contributed by atoms with Crippen LogP contribution in [0.25, 0.3) is 33.9 Å². The van der Waals surface area contributed by atoms with Gasteiger partial charge < -0.3 is 4.98 Å². The molecule has 3 nitrogen and oxygen atoms in total. The minimum Gasteiger partial charge on any atom is -0.337 e. The fraction of sp³-hybridized carbons (Fsp3) is 0.286. The molecule has 0 amide bonds. The maximum atomic E-state index is 6.11. The first-order chi connectivity index (χ1) is 15.7. The number of aromatic nitrogens is 3. The van der Waals surface area contributed by atoms with Gasteiger partial charge in [0.1, 0.15) is 5.82 Å². The van der Waals surface area contributed by atoms with Crippen LogP contribution < -0.4 is 0 Å². The van der Waals surface area contributed by atoms with E-state index in [4.69, 9.17) is 16.6 Å². The van der Waals surface area contributed by atoms with Gasteiger partial charge in [-0.05, 0) is 73.2 Å². The first kappa shape index (κ1) is 22.3. The Bertz CT molecular complexity index is 1150. The van der Waals surface area contributed by atoms with Crippen LogP contribution in [0.2, 0.25) is 5.02 Å². The molecular weight excluding hydrogens is 414 g/mol. The van der Waals surface area contributed by atoms with Gasteiger partial charge in [-0.2, -0.15) is 0 Å². The number of pyridine rings is 1. The molecule has 0 saturated heterocycles. The lowest BCUT2D eigenvalue weighted by Crippen LogP contribution is -1.96. The summed E-state index contributed by atoms with van der Waals surface area (Å²) < 4.78 is 0. The zero-order valence-corrected chi connectivity index (χ0v) is 19.6. The summed E-state index contributed by atoms with van der Waals surface area (Å²) >= 11 is 6.11. The highest BCUT2D eigenvalue weighted by atomic mass is 35.5. The second-order valence-corrected chi connectivity index (χ2v) is 8.69. The Morgan fingerprint density at radius 2 is 1.53 bits per heavy atom. The van der Waals surface area contributed by atoms with Gasteiger partial charge in [-0.1, -0.05) is 56.5 Å². The number of hydrogen-bond acceptors (Lipinski definition) is 2. The number of benzene rings is 2. The minimum absolute atomic E-state index is 0.722. The molecule has 4 rings (SSSR count). The van der Waals surface area contributed by atoms with Crippen LogP contribution in [0.15, 0.2) is 67.0 Å². The molecular formula is C28H30ClN3. The van der Waals surface area contributed by atoms with E-state index >= 15 is 0 Å². The Kier molecular flexibility index (Phi) is 7.39. The van der Waals surface area contributed by atoms with E-state index < -0.39 is 0 Å². The Morgan fingerprint density at radius 3 is 2.25 bits per heavy atom. The molecule has 0 unspecified atom stereocenters. The molecule has 2 aromatic carbocycles. The first-order valence-electron chi connectivity index (χ1n) is 11.6. The van der Waals surface area contributed by atoms with Crippen molar-refractivity contribution in [2.24, 2.45) is 0 Å². The molecule has 2 aromatic heterocycles. The molecule has 0 fully saturated rings. The summed E-state index contributed by atoms with van der Waals surface area (Å²) in [4.78, 5) is 12.9. The van der Waals surface area contributed by atoms with Crippen LogP contribution in [0.3, 0.4) is 0 Å². The second-order valence-electron chi connectivity index (χ2n) is 8.25. The third-order valence-corrected chi connectivity index (χ3v) is 6.08. The fourth-order valence-electron chi connectivity index (χ4n) is 4.03. The maximum Gasteiger partial charge on any atom is 0.138 e. The zero-order chi connectivity index (χ0) is 22.3. The lowest BCUT2D eigenvalue weighted by atomic mass is 9.94. The Labute approximate surface area is 195 Å². The number of H-pyrrole nitrogens is 1. The average Bonchev–Trinajstić information content (AvgIpc) is 3.27. The standard InChI is InChI=1S/C28H30ClN3/c1-3-5-7-20-9-14-25(23(19-20)8-6-4-2)27-26(21-15-17-30-18-16-21)31-28(32-27)22-10-12-24(29)13-11-22/h9-19H,3-8H2,1-2H3,(H,31,32). The number of rotatable bonds is 9. The van der Waals surface area contributed by atoms with Crippen LogP contribution >= 0.6 is 11.6 Å². The summed E-state index contributed by atoms with van der Waals surface area (Å²) in [5, 5.41) is 0.722. The van der Waals surface area contributed by atoms with Crippen molar-refractivity contribution in [3.05, 3.63) is 83.1 Å². The number of hydrogen-bond donors (Lipinski definition) is 1. The Hall–Kier alpha value is -2.91. The average molecular weight is 444 g/mol. The monoisotopic (exact) mass is 443 g/mol. The summed E-state index contributed by atoms with van der Waals surface area (Å²) in [5.41, 5.74) is 8.14. The van der Waals surface area contributed by atoms with Gasteiger partial charge in [0.15, 0.2) is 0 Å². The van der Waals surface area contributed by atoms with Gasteiger partial charge in [0, 0.05) is 34.1 Å². The van der Waals surface area contributed by atoms with Crippen LogP contribution in [-0.2, 0) is 12.8 Å². The van der Waals surface area contributed by atoms with Crippen LogP contribution in [0.1, 0.15) is 50.7 Å². The molecule has 0 aliphatic rings. The van der Waals surface area contributed by atoms with Crippen molar-refractivity contribution >= 4 is 11.6 Å². The molecule has 0 radical (unpaired) electrons. The highest BCUT2D eigenvalue weighted by Crippen LogP contribution is 2.36. The first-order valence-corrected chi connectivity index (χ1v) is 12.0. The van der Waals surface area contributed by atoms with E-state index in [1.54, 1.807) is 0 Å². The highest BCUT2D eigenvalue weighted by molar-refractivity contribution is 6.30. The van der Waals surface area contributed by atoms with E-state index in [1.807, 2.05) is 48.8 Å². The van der Waals surface area contributed by atoms with Crippen LogP contribution in [0.4, 0.5) is 0 Å². The summed E-state index contributed by atoms with van der Waals surface area (Å²) in [6.45, 7) is 4.49. The number of unbranched alkanes of at least 4 members (excludes halogenated alkanes) is 2. The summed E-state index contributed by atoms with van der Waals surface area (Å²) in [6.07, 6.45) is 10.6. The van der Waals surface area contributed by atoms with Gasteiger partial charge in [-0.3, -0.25) is 4.98 Å². The molecule has 164 valence electrons. The van der Waals surface area contributed by atoms with Crippen molar-refractivity contribution < 1.29 is 0 Å². The molecule has 0 spiro atoms. The van der Waals surface area contributed by atoms with E-state index in [-0.39, 0.29) is 0 Å². The maximum absolute atomic E-state index is 6.11. The molecule has 0 saturated carbocycles. The van der Waals surface area contributed by atoms with Gasteiger partial charge >= 0.3 is 0 Å². The van der Waals surface area contributed by atoms with E-state index in [0.717, 1.165) is 46.2 Å². The van der Waals surface area contributed by atoms with Gasteiger partial charge in [0.2, 0.25) is 0 Å². The predicted octanol–water partition coefficient (Wildman–Crippen LogP) is 8.14. The number of halogens is 1. The third-order valence-electron chi connectivity index (χ3n) is 5.83. The van der Waals surface area contributed by atoms with Crippen molar-refractivity contribution in [2.75, 3.05) is 0 Å². The van der Waals surface area contributed by atoms with E-state index in [1.165, 1.54) is 42.4 Å². The number of nitrogens with one attached hydrogen (secondary N) is 1. The SMILES string of the molecule is CCCCc1ccc(-c2[nH]c(-c3ccc(Cl)cc3)nc2-c2ccncc2)c(CCCC)c1. The number of aryl methyl sites for hydroxylation is 2. The molecule has 0 aliphatic heterocycles. The normalized spacial score (nSPS) is 11.1. The molecule has 0 atom stereocenters. The topological polar surface area (TPSA) is 41.6 Å². The molecule has 0 bridgehead atoms. The lowest BCUT2D eigenvalue weighted by Gasteiger charge is -2.12. The predicted molar refractivity (Wildman–Crippen MR) is 135 cm³/mol. The molecule has 2 heterocycles. The van der Waals surface area contributed by atoms with Crippen LogP contribution in [0, 0.1) is 0 Å². The Morgan fingerprint density at radius 1 is 0.812 bits per heavy atom. The van der Waals surface area contributed by atoms with Crippen LogP contribution in [-0.4, -0.2) is 15.0 Å². The number of aromatic amines is 1. The van der Waals surface area contributed by atoms with Gasteiger partial charge in [-0.25, -0.2) is 4.98 Å². The quantitative estimate of drug-likeness (QED) is 0.283. The largest absolute Gasteiger partial charge is 0.337 e. The van der Waals surface area contributed by atoms with Crippen molar-refractivity contribution in [2.45, 2.75) is 52.4 Å². The third kappa shape index (κ3) is 5.11. The van der Waals surface area contributed by atoms with Gasteiger partial charge in [-0.15, -0.1) is 0 Å². The van der Waals surface area contributed by atoms with E-state index in [9.17, 15) is 0 Å². The molecule has 4 heteroatoms. The molecule has 4 aromatic rings. The molecule has 1 N–H and O–H groups in total.